The van der Waals surface area contributed by atoms with Crippen molar-refractivity contribution < 1.29 is 13.2 Å². The van der Waals surface area contributed by atoms with E-state index in [0.717, 1.165) is 10.9 Å². The number of aromatic nitrogens is 1. The summed E-state index contributed by atoms with van der Waals surface area (Å²) in [5, 5.41) is 0.477. The van der Waals surface area contributed by atoms with Crippen LogP contribution in [0.4, 0.5) is 0 Å². The van der Waals surface area contributed by atoms with E-state index in [2.05, 4.69) is 4.98 Å². The number of carbonyl (C=O) groups is 1. The Morgan fingerprint density at radius 2 is 1.88 bits per heavy atom. The number of likely N-dealkylation sites (tertiary alicyclic amines) is 1. The van der Waals surface area contributed by atoms with E-state index in [-0.39, 0.29) is 12.5 Å². The second-order valence-electron chi connectivity index (χ2n) is 7.21. The van der Waals surface area contributed by atoms with Crippen molar-refractivity contribution in [2.24, 2.45) is 0 Å². The minimum absolute atomic E-state index is 0.202. The third-order valence-corrected chi connectivity index (χ3v) is 7.51. The summed E-state index contributed by atoms with van der Waals surface area (Å²) >= 11 is 0. The van der Waals surface area contributed by atoms with Crippen LogP contribution in [0.25, 0.3) is 10.9 Å². The van der Waals surface area contributed by atoms with Crippen molar-refractivity contribution in [2.45, 2.75) is 37.2 Å². The molecule has 0 N–H and O–H groups in total. The highest BCUT2D eigenvalue weighted by Gasteiger charge is 2.42. The zero-order chi connectivity index (χ0) is 17.5. The van der Waals surface area contributed by atoms with Crippen molar-refractivity contribution in [1.29, 1.82) is 0 Å². The molecule has 1 aliphatic heterocycles. The number of pyridine rings is 1. The largest absolute Gasteiger partial charge is 0.336 e. The highest BCUT2D eigenvalue weighted by Crippen LogP contribution is 2.27. The van der Waals surface area contributed by atoms with Gasteiger partial charge in [0.15, 0.2) is 9.84 Å². The summed E-state index contributed by atoms with van der Waals surface area (Å²) in [6.45, 7) is 5.81. The zero-order valence-electron chi connectivity index (χ0n) is 14.2. The molecule has 5 nitrogen and oxygen atoms in total. The molecule has 2 aromatic rings. The van der Waals surface area contributed by atoms with Crippen LogP contribution in [0.3, 0.4) is 0 Å². The molecule has 1 aromatic heterocycles. The van der Waals surface area contributed by atoms with Crippen molar-refractivity contribution in [3.05, 3.63) is 42.1 Å². The van der Waals surface area contributed by atoms with Crippen molar-refractivity contribution in [3.63, 3.8) is 0 Å². The lowest BCUT2D eigenvalue weighted by molar-refractivity contribution is 0.0787. The van der Waals surface area contributed by atoms with Gasteiger partial charge in [0, 0.05) is 18.5 Å². The fourth-order valence-corrected chi connectivity index (χ4v) is 4.80. The number of hydrogen-bond acceptors (Lipinski definition) is 4. The molecule has 24 heavy (non-hydrogen) atoms. The zero-order valence-corrected chi connectivity index (χ0v) is 15.0. The van der Waals surface area contributed by atoms with Gasteiger partial charge in [-0.3, -0.25) is 4.79 Å². The minimum atomic E-state index is -3.27. The predicted molar refractivity (Wildman–Crippen MR) is 94.7 cm³/mol. The van der Waals surface area contributed by atoms with Crippen molar-refractivity contribution in [3.8, 4) is 0 Å². The van der Waals surface area contributed by atoms with Crippen LogP contribution in [0.2, 0.25) is 0 Å². The fraction of sp³-hybridized carbons (Fsp3) is 0.444. The van der Waals surface area contributed by atoms with Gasteiger partial charge in [-0.1, -0.05) is 24.3 Å². The highest BCUT2D eigenvalue weighted by atomic mass is 32.2. The minimum Gasteiger partial charge on any atom is -0.336 e. The van der Waals surface area contributed by atoms with E-state index in [4.69, 9.17) is 0 Å². The molecule has 2 heterocycles. The van der Waals surface area contributed by atoms with Gasteiger partial charge in [0.25, 0.3) is 5.91 Å². The molecule has 0 bridgehead atoms. The molecule has 3 rings (SSSR count). The number of para-hydroxylation sites is 1. The van der Waals surface area contributed by atoms with Crippen molar-refractivity contribution in [2.75, 3.05) is 13.1 Å². The van der Waals surface area contributed by atoms with Gasteiger partial charge in [-0.15, -0.1) is 0 Å². The maximum Gasteiger partial charge on any atom is 0.272 e. The highest BCUT2D eigenvalue weighted by molar-refractivity contribution is 7.93. The van der Waals surface area contributed by atoms with E-state index in [9.17, 15) is 13.2 Å². The van der Waals surface area contributed by atoms with Crippen LogP contribution in [-0.2, 0) is 9.84 Å². The van der Waals surface area contributed by atoms with Gasteiger partial charge in [0.05, 0.1) is 15.5 Å². The van der Waals surface area contributed by atoms with Crippen LogP contribution < -0.4 is 0 Å². The smallest absolute Gasteiger partial charge is 0.272 e. The molecule has 6 heteroatoms. The van der Waals surface area contributed by atoms with Crippen molar-refractivity contribution >= 4 is 26.6 Å². The summed E-state index contributed by atoms with van der Waals surface area (Å²) in [6, 6.07) is 11.2. The Labute approximate surface area is 142 Å². The van der Waals surface area contributed by atoms with Gasteiger partial charge >= 0.3 is 0 Å². The van der Waals surface area contributed by atoms with E-state index in [1.165, 1.54) is 0 Å². The second kappa shape index (κ2) is 5.84. The van der Waals surface area contributed by atoms with E-state index < -0.39 is 19.8 Å². The van der Waals surface area contributed by atoms with Gasteiger partial charge in [0.2, 0.25) is 0 Å². The first-order chi connectivity index (χ1) is 11.2. The number of fused-ring (bicyclic) bond motifs is 1. The van der Waals surface area contributed by atoms with Crippen LogP contribution in [0, 0.1) is 0 Å². The number of rotatable bonds is 2. The Morgan fingerprint density at radius 1 is 1.17 bits per heavy atom. The van der Waals surface area contributed by atoms with Crippen LogP contribution in [0.1, 0.15) is 37.7 Å². The van der Waals surface area contributed by atoms with E-state index in [1.54, 1.807) is 31.7 Å². The Hall–Kier alpha value is -1.95. The molecule has 1 aromatic carbocycles. The van der Waals surface area contributed by atoms with Gasteiger partial charge in [0.1, 0.15) is 5.69 Å². The number of nitrogens with zero attached hydrogens (tertiary/aromatic N) is 2. The number of carbonyl (C=O) groups excluding carboxylic acids is 1. The number of benzene rings is 1. The third-order valence-electron chi connectivity index (χ3n) is 4.54. The molecule has 1 unspecified atom stereocenters. The van der Waals surface area contributed by atoms with Gasteiger partial charge in [-0.2, -0.15) is 0 Å². The molecule has 1 fully saturated rings. The second-order valence-corrected chi connectivity index (χ2v) is 10.2. The number of sulfone groups is 1. The van der Waals surface area contributed by atoms with E-state index in [0.29, 0.717) is 18.7 Å². The molecule has 1 aliphatic rings. The van der Waals surface area contributed by atoms with E-state index in [1.807, 2.05) is 30.3 Å². The predicted octanol–water partition coefficient (Wildman–Crippen LogP) is 2.66. The lowest BCUT2D eigenvalue weighted by atomic mass is 10.2. The molecule has 1 saturated heterocycles. The molecule has 1 amide bonds. The standard InChI is InChI=1S/C18H22N2O3S/c1-18(2,3)24(22,23)14-10-11-20(12-14)17(21)16-9-8-13-6-4-5-7-15(13)19-16/h4-9,14H,10-12H2,1-3H3. The van der Waals surface area contributed by atoms with Crippen LogP contribution in [0.15, 0.2) is 36.4 Å². The Morgan fingerprint density at radius 3 is 2.58 bits per heavy atom. The topological polar surface area (TPSA) is 67.3 Å². The molecular weight excluding hydrogens is 324 g/mol. The molecular formula is C18H22N2O3S. The Kier molecular flexibility index (Phi) is 4.11. The summed E-state index contributed by atoms with van der Waals surface area (Å²) in [4.78, 5) is 18.7. The molecule has 1 atom stereocenters. The van der Waals surface area contributed by atoms with Crippen LogP contribution in [0.5, 0.6) is 0 Å². The van der Waals surface area contributed by atoms with Crippen molar-refractivity contribution in [1.82, 2.24) is 9.88 Å². The maximum absolute atomic E-state index is 12.7. The summed E-state index contributed by atoms with van der Waals surface area (Å²) in [6.07, 6.45) is 0.485. The summed E-state index contributed by atoms with van der Waals surface area (Å²) in [7, 11) is -3.27. The monoisotopic (exact) mass is 346 g/mol. The Balaban J connectivity index is 1.81. The summed E-state index contributed by atoms with van der Waals surface area (Å²) in [5.41, 5.74) is 1.13. The normalized spacial score (nSPS) is 19.0. The molecule has 0 aliphatic carbocycles. The first-order valence-corrected chi connectivity index (χ1v) is 9.63. The fourth-order valence-electron chi connectivity index (χ4n) is 3.01. The Bertz CT molecular complexity index is 885. The molecule has 0 saturated carbocycles. The first-order valence-electron chi connectivity index (χ1n) is 8.09. The summed E-state index contributed by atoms with van der Waals surface area (Å²) < 4.78 is 24.4. The van der Waals surface area contributed by atoms with Gasteiger partial charge in [-0.05, 0) is 39.3 Å². The average Bonchev–Trinajstić information content (AvgIpc) is 3.03. The summed E-state index contributed by atoms with van der Waals surface area (Å²) in [5.74, 6) is -0.202. The first kappa shape index (κ1) is 16.9. The SMILES string of the molecule is CC(C)(C)S(=O)(=O)C1CCN(C(=O)c2ccc3ccccc3n2)C1. The lowest BCUT2D eigenvalue weighted by Crippen LogP contribution is -2.39. The van der Waals surface area contributed by atoms with Crippen LogP contribution >= 0.6 is 0 Å². The van der Waals surface area contributed by atoms with E-state index >= 15 is 0 Å². The number of hydrogen-bond donors (Lipinski definition) is 0. The quantitative estimate of drug-likeness (QED) is 0.838. The van der Waals surface area contributed by atoms with Crippen LogP contribution in [-0.4, -0.2) is 47.3 Å². The molecule has 128 valence electrons. The van der Waals surface area contributed by atoms with Gasteiger partial charge in [-0.25, -0.2) is 13.4 Å². The lowest BCUT2D eigenvalue weighted by Gasteiger charge is -2.24. The van der Waals surface area contributed by atoms with Gasteiger partial charge < -0.3 is 4.90 Å². The maximum atomic E-state index is 12.7. The molecule has 0 spiro atoms. The molecule has 0 radical (unpaired) electrons. The average molecular weight is 346 g/mol. The number of amides is 1. The third kappa shape index (κ3) is 2.90.